The zero-order chi connectivity index (χ0) is 12.3. The van der Waals surface area contributed by atoms with Gasteiger partial charge in [0.2, 0.25) is 0 Å². The molecule has 1 aromatic heterocycles. The average Bonchev–Trinajstić information content (AvgIpc) is 2.76. The number of hydrogen-bond donors (Lipinski definition) is 1. The Morgan fingerprint density at radius 2 is 2.12 bits per heavy atom. The Morgan fingerprint density at radius 3 is 2.76 bits per heavy atom. The maximum Gasteiger partial charge on any atom is 0.119 e. The molecule has 2 rings (SSSR count). The van der Waals surface area contributed by atoms with E-state index < -0.39 is 6.10 Å². The molecule has 0 spiro atoms. The first-order valence-electron chi connectivity index (χ1n) is 5.66. The molecule has 0 amide bonds. The lowest BCUT2D eigenvalue weighted by Crippen LogP contribution is -1.99. The van der Waals surface area contributed by atoms with Crippen molar-refractivity contribution in [1.29, 1.82) is 0 Å². The molecule has 1 unspecified atom stereocenters. The summed E-state index contributed by atoms with van der Waals surface area (Å²) in [7, 11) is 0. The van der Waals surface area contributed by atoms with Gasteiger partial charge in [-0.15, -0.1) is 0 Å². The molecule has 3 nitrogen and oxygen atoms in total. The van der Waals surface area contributed by atoms with E-state index in [-0.39, 0.29) is 0 Å². The fourth-order valence-corrected chi connectivity index (χ4v) is 1.74. The van der Waals surface area contributed by atoms with Crippen LogP contribution in [-0.2, 0) is 0 Å². The van der Waals surface area contributed by atoms with Gasteiger partial charge in [0, 0.05) is 5.56 Å². The number of hydrogen-bond acceptors (Lipinski definition) is 3. The van der Waals surface area contributed by atoms with Crippen molar-refractivity contribution in [3.8, 4) is 5.75 Å². The summed E-state index contributed by atoms with van der Waals surface area (Å²) < 4.78 is 10.6. The molecule has 0 aliphatic carbocycles. The number of ether oxygens (including phenoxy) is 1. The molecule has 1 atom stereocenters. The number of rotatable bonds is 4. The maximum absolute atomic E-state index is 10.2. The van der Waals surface area contributed by atoms with Crippen LogP contribution in [0.3, 0.4) is 0 Å². The van der Waals surface area contributed by atoms with Crippen molar-refractivity contribution in [2.45, 2.75) is 20.0 Å². The standard InChI is InChI=1S/C14H16O3/c1-3-16-13-6-4-5-11(8-13)14(15)12-7-10(2)17-9-12/h4-9,14-15H,3H2,1-2H3. The van der Waals surface area contributed by atoms with E-state index in [0.29, 0.717) is 6.61 Å². The molecule has 0 saturated carbocycles. The van der Waals surface area contributed by atoms with E-state index in [1.807, 2.05) is 44.2 Å². The quantitative estimate of drug-likeness (QED) is 0.880. The van der Waals surface area contributed by atoms with E-state index in [9.17, 15) is 5.11 Å². The number of aliphatic hydroxyl groups is 1. The second kappa shape index (κ2) is 5.06. The molecule has 1 heterocycles. The van der Waals surface area contributed by atoms with Gasteiger partial charge in [0.25, 0.3) is 0 Å². The van der Waals surface area contributed by atoms with Gasteiger partial charge < -0.3 is 14.3 Å². The van der Waals surface area contributed by atoms with Crippen LogP contribution < -0.4 is 4.74 Å². The van der Waals surface area contributed by atoms with Gasteiger partial charge in [-0.1, -0.05) is 12.1 Å². The summed E-state index contributed by atoms with van der Waals surface area (Å²) in [6, 6.07) is 9.29. The minimum absolute atomic E-state index is 0.615. The molecule has 90 valence electrons. The summed E-state index contributed by atoms with van der Waals surface area (Å²) in [6.45, 7) is 4.40. The number of furan rings is 1. The predicted octanol–water partition coefficient (Wildman–Crippen LogP) is 3.07. The third kappa shape index (κ3) is 2.68. The molecular formula is C14H16O3. The van der Waals surface area contributed by atoms with E-state index in [4.69, 9.17) is 9.15 Å². The molecule has 2 aromatic rings. The molecule has 0 aliphatic rings. The van der Waals surface area contributed by atoms with Crippen molar-refractivity contribution in [3.63, 3.8) is 0 Å². The van der Waals surface area contributed by atoms with Crippen LogP contribution in [0.5, 0.6) is 5.75 Å². The molecule has 1 aromatic carbocycles. The highest BCUT2D eigenvalue weighted by molar-refractivity contribution is 5.34. The van der Waals surface area contributed by atoms with Crippen LogP contribution in [0.25, 0.3) is 0 Å². The fourth-order valence-electron chi connectivity index (χ4n) is 1.74. The van der Waals surface area contributed by atoms with E-state index in [1.165, 1.54) is 0 Å². The normalized spacial score (nSPS) is 12.4. The van der Waals surface area contributed by atoms with Crippen molar-refractivity contribution < 1.29 is 14.3 Å². The molecule has 0 fully saturated rings. The number of aliphatic hydroxyl groups excluding tert-OH is 1. The van der Waals surface area contributed by atoms with Crippen molar-refractivity contribution in [1.82, 2.24) is 0 Å². The minimum atomic E-state index is -0.673. The van der Waals surface area contributed by atoms with Gasteiger partial charge >= 0.3 is 0 Å². The van der Waals surface area contributed by atoms with Gasteiger partial charge in [-0.2, -0.15) is 0 Å². The number of aryl methyl sites for hydroxylation is 1. The summed E-state index contributed by atoms with van der Waals surface area (Å²) in [5.41, 5.74) is 1.56. The first-order chi connectivity index (χ1) is 8.20. The molecule has 0 bridgehead atoms. The highest BCUT2D eigenvalue weighted by atomic mass is 16.5. The Bertz CT molecular complexity index is 488. The van der Waals surface area contributed by atoms with E-state index in [2.05, 4.69) is 0 Å². The highest BCUT2D eigenvalue weighted by Crippen LogP contribution is 2.26. The second-order valence-electron chi connectivity index (χ2n) is 3.90. The second-order valence-corrected chi connectivity index (χ2v) is 3.90. The van der Waals surface area contributed by atoms with Crippen molar-refractivity contribution in [2.75, 3.05) is 6.61 Å². The molecule has 1 N–H and O–H groups in total. The Kier molecular flexibility index (Phi) is 3.49. The third-order valence-corrected chi connectivity index (χ3v) is 2.55. The van der Waals surface area contributed by atoms with Crippen LogP contribution in [0.1, 0.15) is 29.9 Å². The van der Waals surface area contributed by atoms with E-state index in [1.54, 1.807) is 6.26 Å². The SMILES string of the molecule is CCOc1cccc(C(O)c2coc(C)c2)c1. The van der Waals surface area contributed by atoms with E-state index in [0.717, 1.165) is 22.6 Å². The van der Waals surface area contributed by atoms with Gasteiger partial charge in [-0.25, -0.2) is 0 Å². The largest absolute Gasteiger partial charge is 0.494 e. The Morgan fingerprint density at radius 1 is 1.29 bits per heavy atom. The van der Waals surface area contributed by atoms with Crippen molar-refractivity contribution in [3.05, 3.63) is 53.5 Å². The summed E-state index contributed by atoms with van der Waals surface area (Å²) >= 11 is 0. The summed E-state index contributed by atoms with van der Waals surface area (Å²) in [5.74, 6) is 1.56. The molecule has 0 aliphatic heterocycles. The summed E-state index contributed by atoms with van der Waals surface area (Å²) in [4.78, 5) is 0. The lowest BCUT2D eigenvalue weighted by atomic mass is 10.0. The highest BCUT2D eigenvalue weighted by Gasteiger charge is 2.13. The van der Waals surface area contributed by atoms with Crippen LogP contribution in [0.15, 0.2) is 41.0 Å². The van der Waals surface area contributed by atoms with Gasteiger partial charge in [-0.3, -0.25) is 0 Å². The fraction of sp³-hybridized carbons (Fsp3) is 0.286. The summed E-state index contributed by atoms with van der Waals surface area (Å²) in [6.07, 6.45) is 0.903. The summed E-state index contributed by atoms with van der Waals surface area (Å²) in [5, 5.41) is 10.2. The van der Waals surface area contributed by atoms with Crippen LogP contribution in [0, 0.1) is 6.92 Å². The van der Waals surface area contributed by atoms with Gasteiger partial charge in [-0.05, 0) is 37.6 Å². The topological polar surface area (TPSA) is 42.6 Å². The maximum atomic E-state index is 10.2. The molecule has 0 saturated heterocycles. The first-order valence-corrected chi connectivity index (χ1v) is 5.66. The molecular weight excluding hydrogens is 216 g/mol. The lowest BCUT2D eigenvalue weighted by Gasteiger charge is -2.10. The smallest absolute Gasteiger partial charge is 0.119 e. The van der Waals surface area contributed by atoms with Crippen LogP contribution in [-0.4, -0.2) is 11.7 Å². The first kappa shape index (κ1) is 11.7. The number of benzene rings is 1. The third-order valence-electron chi connectivity index (χ3n) is 2.55. The molecule has 17 heavy (non-hydrogen) atoms. The zero-order valence-corrected chi connectivity index (χ0v) is 10.0. The van der Waals surface area contributed by atoms with Crippen molar-refractivity contribution >= 4 is 0 Å². The average molecular weight is 232 g/mol. The predicted molar refractivity (Wildman–Crippen MR) is 65.1 cm³/mol. The Labute approximate surface area is 101 Å². The van der Waals surface area contributed by atoms with Gasteiger partial charge in [0.15, 0.2) is 0 Å². The monoisotopic (exact) mass is 232 g/mol. The Balaban J connectivity index is 2.24. The van der Waals surface area contributed by atoms with Crippen LogP contribution >= 0.6 is 0 Å². The van der Waals surface area contributed by atoms with E-state index >= 15 is 0 Å². The van der Waals surface area contributed by atoms with Gasteiger partial charge in [0.1, 0.15) is 17.6 Å². The molecule has 0 radical (unpaired) electrons. The molecule has 3 heteroatoms. The van der Waals surface area contributed by atoms with Crippen molar-refractivity contribution in [2.24, 2.45) is 0 Å². The van der Waals surface area contributed by atoms with Crippen LogP contribution in [0.4, 0.5) is 0 Å². The van der Waals surface area contributed by atoms with Gasteiger partial charge in [0.05, 0.1) is 12.9 Å². The zero-order valence-electron chi connectivity index (χ0n) is 10.0. The Hall–Kier alpha value is -1.74. The van der Waals surface area contributed by atoms with Crippen LogP contribution in [0.2, 0.25) is 0 Å². The lowest BCUT2D eigenvalue weighted by molar-refractivity contribution is 0.218. The minimum Gasteiger partial charge on any atom is -0.494 e.